The molecule has 0 bridgehead atoms. The van der Waals surface area contributed by atoms with Gasteiger partial charge < -0.3 is 5.32 Å². The van der Waals surface area contributed by atoms with E-state index in [0.717, 1.165) is 25.3 Å². The molecule has 0 saturated heterocycles. The molecule has 2 atom stereocenters. The summed E-state index contributed by atoms with van der Waals surface area (Å²) in [4.78, 5) is 0. The number of benzene rings is 1. The zero-order valence-electron chi connectivity index (χ0n) is 9.06. The Hall–Kier alpha value is -1.03. The molecule has 1 aromatic carbocycles. The van der Waals surface area contributed by atoms with Crippen LogP contribution in [-0.2, 0) is 0 Å². The molecule has 1 nitrogen and oxygen atoms in total. The standard InChI is InChI=1S/C12H14F3N/c1-16-8-3-2-7(6-8)9-4-5-10(13)12(15)11(9)14/h4-5,7-8,16H,2-3,6H2,1H3. The van der Waals surface area contributed by atoms with Gasteiger partial charge in [0.1, 0.15) is 0 Å². The molecule has 0 aliphatic heterocycles. The lowest BCUT2D eigenvalue weighted by molar-refractivity contribution is 0.434. The Morgan fingerprint density at radius 3 is 2.50 bits per heavy atom. The van der Waals surface area contributed by atoms with Gasteiger partial charge in [-0.1, -0.05) is 6.07 Å². The van der Waals surface area contributed by atoms with Gasteiger partial charge in [0, 0.05) is 6.04 Å². The first-order valence-electron chi connectivity index (χ1n) is 5.44. The molecule has 0 amide bonds. The fourth-order valence-electron chi connectivity index (χ4n) is 2.38. The molecule has 1 aliphatic rings. The molecule has 0 radical (unpaired) electrons. The van der Waals surface area contributed by atoms with E-state index in [1.807, 2.05) is 7.05 Å². The largest absolute Gasteiger partial charge is 0.317 e. The molecule has 1 N–H and O–H groups in total. The minimum absolute atomic E-state index is 0.00690. The van der Waals surface area contributed by atoms with E-state index in [2.05, 4.69) is 5.32 Å². The van der Waals surface area contributed by atoms with Crippen molar-refractivity contribution in [2.24, 2.45) is 0 Å². The molecule has 2 rings (SSSR count). The van der Waals surface area contributed by atoms with Crippen molar-refractivity contribution in [2.45, 2.75) is 31.2 Å². The summed E-state index contributed by atoms with van der Waals surface area (Å²) >= 11 is 0. The van der Waals surface area contributed by atoms with Crippen LogP contribution in [0.1, 0.15) is 30.7 Å². The van der Waals surface area contributed by atoms with Crippen LogP contribution in [0.15, 0.2) is 12.1 Å². The number of hydrogen-bond donors (Lipinski definition) is 1. The number of nitrogens with one attached hydrogen (secondary N) is 1. The Kier molecular flexibility index (Phi) is 3.19. The van der Waals surface area contributed by atoms with Crippen molar-refractivity contribution in [3.05, 3.63) is 35.1 Å². The van der Waals surface area contributed by atoms with Gasteiger partial charge in [0.05, 0.1) is 0 Å². The van der Waals surface area contributed by atoms with Crippen molar-refractivity contribution in [3.8, 4) is 0 Å². The van der Waals surface area contributed by atoms with Gasteiger partial charge in [-0.05, 0) is 43.9 Å². The van der Waals surface area contributed by atoms with Crippen LogP contribution in [0.3, 0.4) is 0 Å². The van der Waals surface area contributed by atoms with E-state index in [-0.39, 0.29) is 5.92 Å². The molecule has 1 saturated carbocycles. The minimum Gasteiger partial charge on any atom is -0.317 e. The molecule has 1 aromatic rings. The Bertz CT molecular complexity index is 392. The zero-order valence-corrected chi connectivity index (χ0v) is 9.06. The molecule has 4 heteroatoms. The molecule has 2 unspecified atom stereocenters. The van der Waals surface area contributed by atoms with Gasteiger partial charge in [-0.15, -0.1) is 0 Å². The lowest BCUT2D eigenvalue weighted by Crippen LogP contribution is -2.21. The monoisotopic (exact) mass is 229 g/mol. The van der Waals surface area contributed by atoms with Crippen LogP contribution >= 0.6 is 0 Å². The second kappa shape index (κ2) is 4.45. The van der Waals surface area contributed by atoms with E-state index < -0.39 is 17.5 Å². The van der Waals surface area contributed by atoms with Gasteiger partial charge >= 0.3 is 0 Å². The predicted molar refractivity (Wildman–Crippen MR) is 55.8 cm³/mol. The molecular formula is C12H14F3N. The Labute approximate surface area is 92.7 Å². The Morgan fingerprint density at radius 2 is 1.88 bits per heavy atom. The fraction of sp³-hybridized carbons (Fsp3) is 0.500. The van der Waals surface area contributed by atoms with Crippen molar-refractivity contribution in [1.29, 1.82) is 0 Å². The normalized spacial score (nSPS) is 25.0. The van der Waals surface area contributed by atoms with Gasteiger partial charge in [0.2, 0.25) is 0 Å². The van der Waals surface area contributed by atoms with Crippen LogP contribution in [0.4, 0.5) is 13.2 Å². The maximum Gasteiger partial charge on any atom is 0.194 e. The molecule has 0 spiro atoms. The van der Waals surface area contributed by atoms with Gasteiger partial charge in [0.25, 0.3) is 0 Å². The summed E-state index contributed by atoms with van der Waals surface area (Å²) in [6.07, 6.45) is 2.53. The molecule has 0 aromatic heterocycles. The van der Waals surface area contributed by atoms with Crippen LogP contribution in [-0.4, -0.2) is 13.1 Å². The van der Waals surface area contributed by atoms with Crippen molar-refractivity contribution in [2.75, 3.05) is 7.05 Å². The summed E-state index contributed by atoms with van der Waals surface area (Å²) in [5, 5.41) is 3.12. The average Bonchev–Trinajstić information content (AvgIpc) is 2.74. The molecule has 1 aliphatic carbocycles. The van der Waals surface area contributed by atoms with Crippen LogP contribution < -0.4 is 5.32 Å². The smallest absolute Gasteiger partial charge is 0.194 e. The first-order chi connectivity index (χ1) is 7.63. The van der Waals surface area contributed by atoms with Crippen LogP contribution in [0.25, 0.3) is 0 Å². The maximum atomic E-state index is 13.5. The fourth-order valence-corrected chi connectivity index (χ4v) is 2.38. The number of rotatable bonds is 2. The first-order valence-corrected chi connectivity index (χ1v) is 5.44. The van der Waals surface area contributed by atoms with Crippen molar-refractivity contribution >= 4 is 0 Å². The Morgan fingerprint density at radius 1 is 1.12 bits per heavy atom. The number of halogens is 3. The zero-order chi connectivity index (χ0) is 11.7. The summed E-state index contributed by atoms with van der Waals surface area (Å²) in [6, 6.07) is 2.70. The highest BCUT2D eigenvalue weighted by Crippen LogP contribution is 2.36. The second-order valence-electron chi connectivity index (χ2n) is 4.26. The maximum absolute atomic E-state index is 13.5. The van der Waals surface area contributed by atoms with E-state index in [0.29, 0.717) is 11.6 Å². The minimum atomic E-state index is -1.36. The highest BCUT2D eigenvalue weighted by Gasteiger charge is 2.28. The SMILES string of the molecule is CNC1CCC(c2ccc(F)c(F)c2F)C1. The Balaban J connectivity index is 2.25. The van der Waals surface area contributed by atoms with E-state index in [4.69, 9.17) is 0 Å². The van der Waals surface area contributed by atoms with Gasteiger partial charge in [0.15, 0.2) is 17.5 Å². The summed E-state index contributed by atoms with van der Waals surface area (Å²) in [6.45, 7) is 0. The molecular weight excluding hydrogens is 215 g/mol. The third-order valence-corrected chi connectivity index (χ3v) is 3.35. The van der Waals surface area contributed by atoms with E-state index >= 15 is 0 Å². The van der Waals surface area contributed by atoms with Crippen LogP contribution in [0.5, 0.6) is 0 Å². The molecule has 0 heterocycles. The molecule has 16 heavy (non-hydrogen) atoms. The van der Waals surface area contributed by atoms with Gasteiger partial charge in [-0.2, -0.15) is 0 Å². The average molecular weight is 229 g/mol. The van der Waals surface area contributed by atoms with Crippen molar-refractivity contribution in [3.63, 3.8) is 0 Å². The van der Waals surface area contributed by atoms with Crippen LogP contribution in [0, 0.1) is 17.5 Å². The van der Waals surface area contributed by atoms with Gasteiger partial charge in [-0.25, -0.2) is 13.2 Å². The van der Waals surface area contributed by atoms with E-state index in [9.17, 15) is 13.2 Å². The van der Waals surface area contributed by atoms with Crippen LogP contribution in [0.2, 0.25) is 0 Å². The van der Waals surface area contributed by atoms with E-state index in [1.165, 1.54) is 6.07 Å². The molecule has 88 valence electrons. The lowest BCUT2D eigenvalue weighted by atomic mass is 9.96. The second-order valence-corrected chi connectivity index (χ2v) is 4.26. The number of hydrogen-bond acceptors (Lipinski definition) is 1. The van der Waals surface area contributed by atoms with Gasteiger partial charge in [-0.3, -0.25) is 0 Å². The predicted octanol–water partition coefficient (Wildman–Crippen LogP) is 2.96. The highest BCUT2D eigenvalue weighted by molar-refractivity contribution is 5.25. The molecule has 1 fully saturated rings. The summed E-state index contributed by atoms with van der Waals surface area (Å²) < 4.78 is 39.3. The van der Waals surface area contributed by atoms with E-state index in [1.54, 1.807) is 0 Å². The topological polar surface area (TPSA) is 12.0 Å². The third-order valence-electron chi connectivity index (χ3n) is 3.35. The quantitative estimate of drug-likeness (QED) is 0.769. The highest BCUT2D eigenvalue weighted by atomic mass is 19.2. The lowest BCUT2D eigenvalue weighted by Gasteiger charge is -2.12. The summed E-state index contributed by atoms with van der Waals surface area (Å²) in [5.74, 6) is -3.51. The van der Waals surface area contributed by atoms with Crippen molar-refractivity contribution < 1.29 is 13.2 Å². The summed E-state index contributed by atoms with van der Waals surface area (Å²) in [7, 11) is 1.86. The summed E-state index contributed by atoms with van der Waals surface area (Å²) in [5.41, 5.74) is 0.302. The first kappa shape index (κ1) is 11.5. The van der Waals surface area contributed by atoms with Crippen molar-refractivity contribution in [1.82, 2.24) is 5.32 Å². The third kappa shape index (κ3) is 1.94.